The zero-order chi connectivity index (χ0) is 19.1. The Labute approximate surface area is 158 Å². The first-order valence-corrected chi connectivity index (χ1v) is 8.48. The summed E-state index contributed by atoms with van der Waals surface area (Å²) in [6, 6.07) is 13.2. The molecule has 6 nitrogen and oxygen atoms in total. The van der Waals surface area contributed by atoms with Gasteiger partial charge in [-0.15, -0.1) is 0 Å². The monoisotopic (exact) mass is 357 g/mol. The van der Waals surface area contributed by atoms with Crippen LogP contribution in [0, 0.1) is 25.7 Å². The van der Waals surface area contributed by atoms with Crippen LogP contribution < -0.4 is 0 Å². The van der Waals surface area contributed by atoms with Gasteiger partial charge in [0.15, 0.2) is 12.4 Å². The predicted molar refractivity (Wildman–Crippen MR) is 104 cm³/mol. The molecule has 0 aliphatic heterocycles. The largest absolute Gasteiger partial charge is 0.382 e. The lowest BCUT2D eigenvalue weighted by Gasteiger charge is -2.01. The number of pyridine rings is 2. The predicted octanol–water partition coefficient (Wildman–Crippen LogP) is 3.34. The first-order valence-electron chi connectivity index (χ1n) is 8.48. The smallest absolute Gasteiger partial charge is 0.179 e. The van der Waals surface area contributed by atoms with Crippen LogP contribution in [0.15, 0.2) is 53.8 Å². The zero-order valence-corrected chi connectivity index (χ0v) is 15.5. The zero-order valence-electron chi connectivity index (χ0n) is 15.5. The minimum Gasteiger partial charge on any atom is -0.382 e. The van der Waals surface area contributed by atoms with Crippen molar-refractivity contribution in [2.45, 2.75) is 20.8 Å². The minimum absolute atomic E-state index is 0.158. The van der Waals surface area contributed by atoms with Crippen molar-refractivity contribution < 1.29 is 4.84 Å². The lowest BCUT2D eigenvalue weighted by atomic mass is 10.2. The number of rotatable bonds is 4. The third kappa shape index (κ3) is 5.19. The summed E-state index contributed by atoms with van der Waals surface area (Å²) in [7, 11) is 0. The van der Waals surface area contributed by atoms with Gasteiger partial charge in [0.2, 0.25) is 0 Å². The summed E-state index contributed by atoms with van der Waals surface area (Å²) in [5.74, 6) is 6.40. The van der Waals surface area contributed by atoms with Crippen LogP contribution in [0.1, 0.15) is 29.7 Å². The fourth-order valence-electron chi connectivity index (χ4n) is 2.30. The number of hydrogen-bond acceptors (Lipinski definition) is 6. The van der Waals surface area contributed by atoms with Crippen LogP contribution in [0.25, 0.3) is 11.5 Å². The van der Waals surface area contributed by atoms with Gasteiger partial charge in [0.05, 0.1) is 5.69 Å². The summed E-state index contributed by atoms with van der Waals surface area (Å²) in [6.07, 6.45) is 1.67. The summed E-state index contributed by atoms with van der Waals surface area (Å²) in [4.78, 5) is 22.8. The lowest BCUT2D eigenvalue weighted by molar-refractivity contribution is 0.179. The van der Waals surface area contributed by atoms with E-state index in [1.54, 1.807) is 12.3 Å². The molecule has 0 saturated heterocycles. The van der Waals surface area contributed by atoms with Crippen molar-refractivity contribution in [1.82, 2.24) is 19.9 Å². The van der Waals surface area contributed by atoms with Gasteiger partial charge < -0.3 is 4.84 Å². The van der Waals surface area contributed by atoms with E-state index in [2.05, 4.69) is 36.9 Å². The maximum absolute atomic E-state index is 5.26. The van der Waals surface area contributed by atoms with E-state index < -0.39 is 0 Å². The minimum atomic E-state index is 0.158. The van der Waals surface area contributed by atoms with Crippen LogP contribution in [0.5, 0.6) is 0 Å². The van der Waals surface area contributed by atoms with Gasteiger partial charge in [0, 0.05) is 17.6 Å². The molecule has 0 radical (unpaired) electrons. The highest BCUT2D eigenvalue weighted by atomic mass is 16.6. The molecule has 0 amide bonds. The molecule has 0 spiro atoms. The average molecular weight is 357 g/mol. The van der Waals surface area contributed by atoms with E-state index in [1.807, 2.05) is 57.2 Å². The van der Waals surface area contributed by atoms with E-state index in [0.717, 1.165) is 22.8 Å². The van der Waals surface area contributed by atoms with Crippen LogP contribution in [0.3, 0.4) is 0 Å². The van der Waals surface area contributed by atoms with Crippen molar-refractivity contribution >= 4 is 5.71 Å². The van der Waals surface area contributed by atoms with Gasteiger partial charge in [0.25, 0.3) is 0 Å². The van der Waals surface area contributed by atoms with Crippen LogP contribution in [0.4, 0.5) is 0 Å². The first kappa shape index (κ1) is 18.2. The van der Waals surface area contributed by atoms with E-state index >= 15 is 0 Å². The molecule has 3 heterocycles. The maximum atomic E-state index is 5.26. The van der Waals surface area contributed by atoms with Crippen molar-refractivity contribution in [2.75, 3.05) is 6.61 Å². The standard InChI is InChI=1S/C21H19N5O/c1-15-7-4-10-19(23-15)17(3)26-27-14-6-9-18-12-13-22-21(25-18)20-11-5-8-16(2)24-20/h4-5,7-8,10-13H,14H2,1-3H3/b26-17-. The molecule has 0 aliphatic carbocycles. The highest BCUT2D eigenvalue weighted by Crippen LogP contribution is 2.11. The second kappa shape index (κ2) is 8.68. The molecule has 0 saturated carbocycles. The van der Waals surface area contributed by atoms with E-state index in [4.69, 9.17) is 4.84 Å². The molecule has 27 heavy (non-hydrogen) atoms. The SMILES string of the molecule is C/C(=N/OCC#Cc1ccnc(-c2cccc(C)n2)n1)c1cccc(C)n1. The lowest BCUT2D eigenvalue weighted by Crippen LogP contribution is -2.01. The molecule has 3 aromatic rings. The third-order valence-corrected chi connectivity index (χ3v) is 3.59. The highest BCUT2D eigenvalue weighted by Gasteiger charge is 2.03. The van der Waals surface area contributed by atoms with Crippen LogP contribution in [-0.4, -0.2) is 32.3 Å². The number of aromatic nitrogens is 4. The van der Waals surface area contributed by atoms with Gasteiger partial charge in [0.1, 0.15) is 17.1 Å². The Morgan fingerprint density at radius 2 is 1.78 bits per heavy atom. The molecule has 0 aliphatic rings. The van der Waals surface area contributed by atoms with Gasteiger partial charge in [-0.25, -0.2) is 15.0 Å². The van der Waals surface area contributed by atoms with Crippen LogP contribution >= 0.6 is 0 Å². The molecule has 0 unspecified atom stereocenters. The quantitative estimate of drug-likeness (QED) is 0.310. The fraction of sp³-hybridized carbons (Fsp3) is 0.190. The average Bonchev–Trinajstić information content (AvgIpc) is 2.68. The van der Waals surface area contributed by atoms with E-state index in [9.17, 15) is 0 Å². The van der Waals surface area contributed by atoms with Crippen molar-refractivity contribution in [3.63, 3.8) is 0 Å². The number of hydrogen-bond donors (Lipinski definition) is 0. The van der Waals surface area contributed by atoms with E-state index in [1.165, 1.54) is 0 Å². The summed E-state index contributed by atoms with van der Waals surface area (Å²) in [6.45, 7) is 5.87. The molecule has 3 rings (SSSR count). The molecule has 0 atom stereocenters. The third-order valence-electron chi connectivity index (χ3n) is 3.59. The van der Waals surface area contributed by atoms with Gasteiger partial charge in [-0.1, -0.05) is 23.2 Å². The summed E-state index contributed by atoms with van der Waals surface area (Å²) >= 11 is 0. The second-order valence-corrected chi connectivity index (χ2v) is 5.85. The molecular formula is C21H19N5O. The Kier molecular flexibility index (Phi) is 5.85. The number of nitrogens with zero attached hydrogens (tertiary/aromatic N) is 5. The normalized spacial score (nSPS) is 10.9. The van der Waals surface area contributed by atoms with Crippen molar-refractivity contribution in [1.29, 1.82) is 0 Å². The van der Waals surface area contributed by atoms with E-state index in [0.29, 0.717) is 17.2 Å². The second-order valence-electron chi connectivity index (χ2n) is 5.85. The molecule has 0 fully saturated rings. The van der Waals surface area contributed by atoms with Crippen molar-refractivity contribution in [3.8, 4) is 23.4 Å². The number of oxime groups is 1. The highest BCUT2D eigenvalue weighted by molar-refractivity contribution is 5.96. The molecule has 134 valence electrons. The molecule has 0 N–H and O–H groups in total. The van der Waals surface area contributed by atoms with E-state index in [-0.39, 0.29) is 6.61 Å². The summed E-state index contributed by atoms with van der Waals surface area (Å²) in [5, 5.41) is 4.05. The van der Waals surface area contributed by atoms with Crippen LogP contribution in [-0.2, 0) is 4.84 Å². The fourth-order valence-corrected chi connectivity index (χ4v) is 2.30. The molecule has 6 heteroatoms. The van der Waals surface area contributed by atoms with Crippen LogP contribution in [0.2, 0.25) is 0 Å². The number of aryl methyl sites for hydroxylation is 2. The molecule has 0 bridgehead atoms. The Morgan fingerprint density at radius 1 is 1.00 bits per heavy atom. The molecule has 3 aromatic heterocycles. The molecular weight excluding hydrogens is 338 g/mol. The van der Waals surface area contributed by atoms with Crippen molar-refractivity contribution in [3.05, 3.63) is 71.4 Å². The summed E-state index contributed by atoms with van der Waals surface area (Å²) in [5.41, 5.74) is 4.67. The topological polar surface area (TPSA) is 73.2 Å². The Bertz CT molecular complexity index is 1030. The Balaban J connectivity index is 1.63. The molecule has 0 aromatic carbocycles. The van der Waals surface area contributed by atoms with Gasteiger partial charge >= 0.3 is 0 Å². The summed E-state index contributed by atoms with van der Waals surface area (Å²) < 4.78 is 0. The van der Waals surface area contributed by atoms with Gasteiger partial charge in [-0.2, -0.15) is 0 Å². The first-order chi connectivity index (χ1) is 13.1. The Morgan fingerprint density at radius 3 is 2.56 bits per heavy atom. The van der Waals surface area contributed by atoms with Gasteiger partial charge in [-0.05, 0) is 57.0 Å². The maximum Gasteiger partial charge on any atom is 0.179 e. The Hall–Kier alpha value is -3.59. The van der Waals surface area contributed by atoms with Gasteiger partial charge in [-0.3, -0.25) is 4.98 Å². The van der Waals surface area contributed by atoms with Crippen molar-refractivity contribution in [2.24, 2.45) is 5.16 Å².